The predicted octanol–water partition coefficient (Wildman–Crippen LogP) is 1.34. The molecule has 2 aliphatic heterocycles. The van der Waals surface area contributed by atoms with Crippen molar-refractivity contribution in [1.82, 2.24) is 4.90 Å². The summed E-state index contributed by atoms with van der Waals surface area (Å²) in [4.78, 5) is 13.9. The van der Waals surface area contributed by atoms with Crippen molar-refractivity contribution in [2.24, 2.45) is 0 Å². The maximum atomic E-state index is 12.4. The molecule has 2 aliphatic rings. The highest BCUT2D eigenvalue weighted by Crippen LogP contribution is 2.37. The quantitative estimate of drug-likeness (QED) is 0.831. The van der Waals surface area contributed by atoms with Crippen LogP contribution in [0.4, 0.5) is 0 Å². The van der Waals surface area contributed by atoms with Crippen LogP contribution in [0.15, 0.2) is 18.2 Å². The molecule has 1 amide bonds. The van der Waals surface area contributed by atoms with Gasteiger partial charge in [0.2, 0.25) is 0 Å². The highest BCUT2D eigenvalue weighted by Gasteiger charge is 2.52. The summed E-state index contributed by atoms with van der Waals surface area (Å²) in [5.74, 6) is -0.258. The molecule has 1 atom stereocenters. The summed E-state index contributed by atoms with van der Waals surface area (Å²) in [7, 11) is 1.21. The number of aliphatic hydroxyl groups is 1. The van der Waals surface area contributed by atoms with Gasteiger partial charge in [0, 0.05) is 20.0 Å². The van der Waals surface area contributed by atoms with E-state index in [0.717, 1.165) is 11.0 Å². The van der Waals surface area contributed by atoms with Crippen LogP contribution in [0.1, 0.15) is 45.2 Å². The number of benzene rings is 1. The third-order valence-corrected chi connectivity index (χ3v) is 5.77. The van der Waals surface area contributed by atoms with Crippen molar-refractivity contribution in [2.75, 3.05) is 13.6 Å². The van der Waals surface area contributed by atoms with E-state index in [0.29, 0.717) is 18.5 Å². The standard InChI is InChI=1S/C18H26BNO4/c1-12-7-8-13(18(22)9-10-20(6)15(18)21)11-14(12)19-23-16(2,3)17(4,5)24-19/h7-8,11,22H,9-10H2,1-6H3/t18-/m1/s1. The van der Waals surface area contributed by atoms with Crippen LogP contribution in [0.3, 0.4) is 0 Å². The average molecular weight is 331 g/mol. The molecule has 1 aromatic carbocycles. The van der Waals surface area contributed by atoms with Crippen molar-refractivity contribution in [3.8, 4) is 0 Å². The lowest BCUT2D eigenvalue weighted by Crippen LogP contribution is -2.41. The molecule has 3 rings (SSSR count). The first-order valence-corrected chi connectivity index (χ1v) is 8.42. The van der Waals surface area contributed by atoms with E-state index in [1.807, 2.05) is 52.8 Å². The fourth-order valence-corrected chi connectivity index (χ4v) is 3.24. The zero-order valence-electron chi connectivity index (χ0n) is 15.3. The van der Waals surface area contributed by atoms with Crippen molar-refractivity contribution < 1.29 is 19.2 Å². The summed E-state index contributed by atoms with van der Waals surface area (Å²) in [6.45, 7) is 10.6. The number of hydrogen-bond donors (Lipinski definition) is 1. The Morgan fingerprint density at radius 3 is 2.25 bits per heavy atom. The zero-order valence-corrected chi connectivity index (χ0v) is 15.3. The Labute approximate surface area is 144 Å². The summed E-state index contributed by atoms with van der Waals surface area (Å²) in [5, 5.41) is 10.9. The maximum Gasteiger partial charge on any atom is 0.495 e. The molecule has 0 aliphatic carbocycles. The van der Waals surface area contributed by atoms with Gasteiger partial charge in [-0.15, -0.1) is 0 Å². The number of carbonyl (C=O) groups excluding carboxylic acids is 1. The lowest BCUT2D eigenvalue weighted by atomic mass is 9.74. The molecule has 0 unspecified atom stereocenters. The minimum Gasteiger partial charge on any atom is -0.399 e. The Bertz CT molecular complexity index is 672. The van der Waals surface area contributed by atoms with Gasteiger partial charge in [-0.2, -0.15) is 0 Å². The van der Waals surface area contributed by atoms with Crippen LogP contribution in [0.25, 0.3) is 0 Å². The van der Waals surface area contributed by atoms with E-state index in [2.05, 4.69) is 0 Å². The summed E-state index contributed by atoms with van der Waals surface area (Å²) in [6, 6.07) is 5.59. The Morgan fingerprint density at radius 1 is 1.17 bits per heavy atom. The molecule has 1 aromatic rings. The largest absolute Gasteiger partial charge is 0.495 e. The predicted molar refractivity (Wildman–Crippen MR) is 93.0 cm³/mol. The summed E-state index contributed by atoms with van der Waals surface area (Å²) in [6.07, 6.45) is 0.397. The van der Waals surface area contributed by atoms with E-state index >= 15 is 0 Å². The summed E-state index contributed by atoms with van der Waals surface area (Å²) in [5.41, 5.74) is 0.163. The van der Waals surface area contributed by atoms with Crippen LogP contribution in [-0.4, -0.2) is 47.8 Å². The molecule has 2 saturated heterocycles. The number of likely N-dealkylation sites (N-methyl/N-ethyl adjacent to an activating group) is 1. The number of amides is 1. The van der Waals surface area contributed by atoms with Gasteiger partial charge in [0.15, 0.2) is 5.60 Å². The minimum atomic E-state index is -1.46. The summed E-state index contributed by atoms with van der Waals surface area (Å²) < 4.78 is 12.3. The number of aryl methyl sites for hydroxylation is 1. The van der Waals surface area contributed by atoms with Gasteiger partial charge in [-0.25, -0.2) is 0 Å². The second-order valence-electron chi connectivity index (χ2n) is 8.00. The second-order valence-corrected chi connectivity index (χ2v) is 8.00. The number of rotatable bonds is 2. The molecule has 5 nitrogen and oxygen atoms in total. The minimum absolute atomic E-state index is 0.258. The van der Waals surface area contributed by atoms with Crippen molar-refractivity contribution in [2.45, 2.75) is 57.8 Å². The third kappa shape index (κ3) is 2.48. The normalized spacial score (nSPS) is 28.7. The van der Waals surface area contributed by atoms with E-state index in [9.17, 15) is 9.90 Å². The molecule has 130 valence electrons. The van der Waals surface area contributed by atoms with Crippen LogP contribution in [0.5, 0.6) is 0 Å². The van der Waals surface area contributed by atoms with E-state index in [1.54, 1.807) is 11.9 Å². The molecule has 1 N–H and O–H groups in total. The average Bonchev–Trinajstić information content (AvgIpc) is 2.87. The number of hydrogen-bond acceptors (Lipinski definition) is 4. The van der Waals surface area contributed by atoms with E-state index in [1.165, 1.54) is 0 Å². The first-order valence-electron chi connectivity index (χ1n) is 8.42. The van der Waals surface area contributed by atoms with E-state index in [-0.39, 0.29) is 5.91 Å². The first kappa shape index (κ1) is 17.5. The van der Waals surface area contributed by atoms with E-state index in [4.69, 9.17) is 9.31 Å². The van der Waals surface area contributed by atoms with Gasteiger partial charge in [-0.1, -0.05) is 23.8 Å². The fourth-order valence-electron chi connectivity index (χ4n) is 3.24. The van der Waals surface area contributed by atoms with Gasteiger partial charge in [-0.3, -0.25) is 4.79 Å². The number of likely N-dealkylation sites (tertiary alicyclic amines) is 1. The molecule has 0 spiro atoms. The number of nitrogens with zero attached hydrogens (tertiary/aromatic N) is 1. The maximum absolute atomic E-state index is 12.4. The molecule has 6 heteroatoms. The first-order chi connectivity index (χ1) is 11.0. The van der Waals surface area contributed by atoms with Crippen LogP contribution >= 0.6 is 0 Å². The van der Waals surface area contributed by atoms with Gasteiger partial charge < -0.3 is 19.3 Å². The topological polar surface area (TPSA) is 59.0 Å². The molecule has 24 heavy (non-hydrogen) atoms. The Morgan fingerprint density at radius 2 is 1.75 bits per heavy atom. The van der Waals surface area contributed by atoms with Gasteiger partial charge in [0.05, 0.1) is 11.2 Å². The highest BCUT2D eigenvalue weighted by molar-refractivity contribution is 6.62. The van der Waals surface area contributed by atoms with Crippen LogP contribution in [-0.2, 0) is 19.7 Å². The van der Waals surface area contributed by atoms with Crippen molar-refractivity contribution in [1.29, 1.82) is 0 Å². The molecular weight excluding hydrogens is 305 g/mol. The molecule has 0 saturated carbocycles. The van der Waals surface area contributed by atoms with Gasteiger partial charge in [0.1, 0.15) is 0 Å². The monoisotopic (exact) mass is 331 g/mol. The molecule has 0 aromatic heterocycles. The van der Waals surface area contributed by atoms with Crippen molar-refractivity contribution >= 4 is 18.5 Å². The summed E-state index contributed by atoms with van der Waals surface area (Å²) >= 11 is 0. The molecule has 0 radical (unpaired) electrons. The Kier molecular flexibility index (Phi) is 3.87. The SMILES string of the molecule is Cc1ccc([C@]2(O)CCN(C)C2=O)cc1B1OC(C)(C)C(C)(C)O1. The molecule has 2 fully saturated rings. The van der Waals surface area contributed by atoms with Gasteiger partial charge in [-0.05, 0) is 45.6 Å². The van der Waals surface area contributed by atoms with Crippen molar-refractivity contribution in [3.63, 3.8) is 0 Å². The van der Waals surface area contributed by atoms with Crippen molar-refractivity contribution in [3.05, 3.63) is 29.3 Å². The lowest BCUT2D eigenvalue weighted by Gasteiger charge is -2.32. The third-order valence-electron chi connectivity index (χ3n) is 5.77. The van der Waals surface area contributed by atoms with Crippen LogP contribution < -0.4 is 5.46 Å². The number of carbonyl (C=O) groups is 1. The molecule has 0 bridgehead atoms. The lowest BCUT2D eigenvalue weighted by molar-refractivity contribution is -0.143. The van der Waals surface area contributed by atoms with Gasteiger partial charge in [0.25, 0.3) is 5.91 Å². The molecular formula is C18H26BNO4. The van der Waals surface area contributed by atoms with E-state index < -0.39 is 23.9 Å². The smallest absolute Gasteiger partial charge is 0.399 e. The second kappa shape index (κ2) is 5.31. The fraction of sp³-hybridized carbons (Fsp3) is 0.611. The van der Waals surface area contributed by atoms with Crippen LogP contribution in [0, 0.1) is 6.92 Å². The van der Waals surface area contributed by atoms with Gasteiger partial charge >= 0.3 is 7.12 Å². The van der Waals surface area contributed by atoms with Crippen LogP contribution in [0.2, 0.25) is 0 Å². The Balaban J connectivity index is 1.99. The zero-order chi connectivity index (χ0) is 17.9. The highest BCUT2D eigenvalue weighted by atomic mass is 16.7. The Hall–Kier alpha value is -1.37. The molecule has 2 heterocycles.